The highest BCUT2D eigenvalue weighted by molar-refractivity contribution is 9.10. The highest BCUT2D eigenvalue weighted by atomic mass is 79.9. The maximum absolute atomic E-state index is 12.3. The first kappa shape index (κ1) is 15.8. The molecule has 0 spiro atoms. The maximum atomic E-state index is 12.3. The number of amides is 1. The van der Waals surface area contributed by atoms with E-state index in [0.717, 1.165) is 6.07 Å². The lowest BCUT2D eigenvalue weighted by Gasteiger charge is -2.21. The minimum atomic E-state index is -4.83. The van der Waals surface area contributed by atoms with Gasteiger partial charge in [0.2, 0.25) is 0 Å². The molecule has 0 heterocycles. The first-order valence-electron chi connectivity index (χ1n) is 5.63. The number of carbonyl (C=O) groups excluding carboxylic acids is 1. The Balaban J connectivity index is 3.17. The van der Waals surface area contributed by atoms with Crippen molar-refractivity contribution in [1.29, 1.82) is 0 Å². The van der Waals surface area contributed by atoms with Gasteiger partial charge in [-0.3, -0.25) is 4.79 Å². The second-order valence-electron chi connectivity index (χ2n) is 3.67. The average molecular weight is 340 g/mol. The second kappa shape index (κ2) is 6.27. The molecule has 0 saturated heterocycles. The van der Waals surface area contributed by atoms with Gasteiger partial charge in [-0.15, -0.1) is 13.2 Å². The van der Waals surface area contributed by atoms with Crippen molar-refractivity contribution in [3.63, 3.8) is 0 Å². The Kier molecular flexibility index (Phi) is 5.22. The highest BCUT2D eigenvalue weighted by Gasteiger charge is 2.33. The van der Waals surface area contributed by atoms with Gasteiger partial charge >= 0.3 is 6.36 Å². The molecule has 0 aromatic heterocycles. The summed E-state index contributed by atoms with van der Waals surface area (Å²) >= 11 is 3.13. The Morgan fingerprint density at radius 3 is 2.37 bits per heavy atom. The van der Waals surface area contributed by atoms with Crippen LogP contribution in [0.1, 0.15) is 24.2 Å². The summed E-state index contributed by atoms with van der Waals surface area (Å²) in [7, 11) is 0. The molecular weight excluding hydrogens is 327 g/mol. The zero-order valence-electron chi connectivity index (χ0n) is 10.4. The van der Waals surface area contributed by atoms with E-state index in [9.17, 15) is 18.0 Å². The van der Waals surface area contributed by atoms with Crippen LogP contribution in [0, 0.1) is 0 Å². The van der Waals surface area contributed by atoms with Gasteiger partial charge in [0.25, 0.3) is 5.91 Å². The van der Waals surface area contributed by atoms with E-state index in [0.29, 0.717) is 17.6 Å². The Bertz CT molecular complexity index is 459. The number of ether oxygens (including phenoxy) is 1. The molecule has 106 valence electrons. The van der Waals surface area contributed by atoms with Crippen LogP contribution in [0.25, 0.3) is 0 Å². The summed E-state index contributed by atoms with van der Waals surface area (Å²) in [5.41, 5.74) is -0.115. The molecule has 3 nitrogen and oxygen atoms in total. The summed E-state index contributed by atoms with van der Waals surface area (Å²) in [6.45, 7) is 4.33. The van der Waals surface area contributed by atoms with Crippen molar-refractivity contribution in [2.45, 2.75) is 20.2 Å². The third-order valence-electron chi connectivity index (χ3n) is 2.45. The standard InChI is InChI=1S/C12H13BrF3NO2/c1-3-17(4-2)11(18)9-7-8(13)5-6-10(9)19-12(14,15)16/h5-7H,3-4H2,1-2H3. The molecule has 0 radical (unpaired) electrons. The molecule has 0 aliphatic rings. The second-order valence-corrected chi connectivity index (χ2v) is 4.58. The van der Waals surface area contributed by atoms with Crippen LogP contribution in [0.15, 0.2) is 22.7 Å². The van der Waals surface area contributed by atoms with E-state index in [2.05, 4.69) is 20.7 Å². The van der Waals surface area contributed by atoms with Crippen molar-refractivity contribution < 1.29 is 22.7 Å². The van der Waals surface area contributed by atoms with E-state index in [1.165, 1.54) is 17.0 Å². The minimum absolute atomic E-state index is 0.115. The molecule has 1 aromatic carbocycles. The van der Waals surface area contributed by atoms with E-state index in [1.54, 1.807) is 13.8 Å². The Morgan fingerprint density at radius 1 is 1.32 bits per heavy atom. The summed E-state index contributed by atoms with van der Waals surface area (Å²) in [5.74, 6) is -0.988. The predicted octanol–water partition coefficient (Wildman–Crippen LogP) is 3.83. The van der Waals surface area contributed by atoms with Gasteiger partial charge in [0, 0.05) is 17.6 Å². The number of carbonyl (C=O) groups is 1. The molecule has 1 aromatic rings. The molecular formula is C12H13BrF3NO2. The smallest absolute Gasteiger partial charge is 0.405 e. The fourth-order valence-corrected chi connectivity index (χ4v) is 1.93. The molecule has 0 atom stereocenters. The molecule has 7 heteroatoms. The van der Waals surface area contributed by atoms with Gasteiger partial charge in [-0.25, -0.2) is 0 Å². The monoisotopic (exact) mass is 339 g/mol. The topological polar surface area (TPSA) is 29.5 Å². The van der Waals surface area contributed by atoms with E-state index in [-0.39, 0.29) is 5.56 Å². The summed E-state index contributed by atoms with van der Waals surface area (Å²) in [5, 5.41) is 0. The number of rotatable bonds is 4. The molecule has 1 rings (SSSR count). The first-order chi connectivity index (χ1) is 8.78. The van der Waals surface area contributed by atoms with Crippen LogP contribution in [0.2, 0.25) is 0 Å². The third kappa shape index (κ3) is 4.41. The zero-order valence-corrected chi connectivity index (χ0v) is 12.0. The summed E-state index contributed by atoms with van der Waals surface area (Å²) in [4.78, 5) is 13.5. The van der Waals surface area contributed by atoms with Crippen LogP contribution in [0.3, 0.4) is 0 Å². The number of hydrogen-bond donors (Lipinski definition) is 0. The van der Waals surface area contributed by atoms with E-state index in [4.69, 9.17) is 0 Å². The van der Waals surface area contributed by atoms with Crippen molar-refractivity contribution in [3.8, 4) is 5.75 Å². The molecule has 0 fully saturated rings. The van der Waals surface area contributed by atoms with E-state index < -0.39 is 18.0 Å². The molecule has 1 amide bonds. The lowest BCUT2D eigenvalue weighted by Crippen LogP contribution is -2.31. The first-order valence-corrected chi connectivity index (χ1v) is 6.42. The quantitative estimate of drug-likeness (QED) is 0.834. The van der Waals surface area contributed by atoms with Gasteiger partial charge in [-0.05, 0) is 32.0 Å². The van der Waals surface area contributed by atoms with Crippen molar-refractivity contribution in [3.05, 3.63) is 28.2 Å². The Hall–Kier alpha value is -1.24. The molecule has 0 bridgehead atoms. The SMILES string of the molecule is CCN(CC)C(=O)c1cc(Br)ccc1OC(F)(F)F. The number of benzene rings is 1. The maximum Gasteiger partial charge on any atom is 0.573 e. The van der Waals surface area contributed by atoms with Gasteiger partial charge in [-0.2, -0.15) is 0 Å². The summed E-state index contributed by atoms with van der Waals surface area (Å²) < 4.78 is 41.3. The van der Waals surface area contributed by atoms with Crippen molar-refractivity contribution in [2.24, 2.45) is 0 Å². The Morgan fingerprint density at radius 2 is 1.89 bits per heavy atom. The normalized spacial score (nSPS) is 11.3. The summed E-state index contributed by atoms with van der Waals surface area (Å²) in [6, 6.07) is 3.83. The minimum Gasteiger partial charge on any atom is -0.405 e. The predicted molar refractivity (Wildman–Crippen MR) is 68.1 cm³/mol. The molecule has 0 aliphatic heterocycles. The van der Waals surface area contributed by atoms with Gasteiger partial charge in [-0.1, -0.05) is 15.9 Å². The van der Waals surface area contributed by atoms with E-state index in [1.807, 2.05) is 0 Å². The zero-order chi connectivity index (χ0) is 14.6. The highest BCUT2D eigenvalue weighted by Crippen LogP contribution is 2.29. The van der Waals surface area contributed by atoms with Crippen LogP contribution in [0.4, 0.5) is 13.2 Å². The van der Waals surface area contributed by atoms with Crippen molar-refractivity contribution >= 4 is 21.8 Å². The Labute approximate surface area is 117 Å². The largest absolute Gasteiger partial charge is 0.573 e. The number of nitrogens with zero attached hydrogens (tertiary/aromatic N) is 1. The van der Waals surface area contributed by atoms with Crippen LogP contribution in [-0.4, -0.2) is 30.3 Å². The lowest BCUT2D eigenvalue weighted by molar-refractivity contribution is -0.274. The van der Waals surface area contributed by atoms with Gasteiger partial charge < -0.3 is 9.64 Å². The van der Waals surface area contributed by atoms with Gasteiger partial charge in [0.15, 0.2) is 0 Å². The molecule has 0 unspecified atom stereocenters. The molecule has 19 heavy (non-hydrogen) atoms. The average Bonchev–Trinajstić information content (AvgIpc) is 2.31. The van der Waals surface area contributed by atoms with E-state index >= 15 is 0 Å². The van der Waals surface area contributed by atoms with Gasteiger partial charge in [0.1, 0.15) is 5.75 Å². The van der Waals surface area contributed by atoms with Crippen molar-refractivity contribution in [2.75, 3.05) is 13.1 Å². The molecule has 0 saturated carbocycles. The lowest BCUT2D eigenvalue weighted by atomic mass is 10.1. The fourth-order valence-electron chi connectivity index (χ4n) is 1.56. The number of alkyl halides is 3. The molecule has 0 aliphatic carbocycles. The van der Waals surface area contributed by atoms with Crippen molar-refractivity contribution in [1.82, 2.24) is 4.90 Å². The fraction of sp³-hybridized carbons (Fsp3) is 0.417. The van der Waals surface area contributed by atoms with Gasteiger partial charge in [0.05, 0.1) is 5.56 Å². The van der Waals surface area contributed by atoms with Crippen LogP contribution < -0.4 is 4.74 Å². The summed E-state index contributed by atoms with van der Waals surface area (Å²) in [6.07, 6.45) is -4.83. The van der Waals surface area contributed by atoms with Crippen LogP contribution in [-0.2, 0) is 0 Å². The number of halogens is 4. The molecule has 0 N–H and O–H groups in total. The third-order valence-corrected chi connectivity index (χ3v) is 2.94. The van der Waals surface area contributed by atoms with Crippen LogP contribution >= 0.6 is 15.9 Å². The van der Waals surface area contributed by atoms with Crippen LogP contribution in [0.5, 0.6) is 5.75 Å². The number of hydrogen-bond acceptors (Lipinski definition) is 2.